The summed E-state index contributed by atoms with van der Waals surface area (Å²) in [6, 6.07) is 8.18. The largest absolute Gasteiger partial charge is 0.477 e. The van der Waals surface area contributed by atoms with Gasteiger partial charge < -0.3 is 16.6 Å². The lowest BCUT2D eigenvalue weighted by Gasteiger charge is -1.93. The van der Waals surface area contributed by atoms with Crippen LogP contribution in [-0.2, 0) is 0 Å². The summed E-state index contributed by atoms with van der Waals surface area (Å²) < 4.78 is 0.653. The number of nitrogens with two attached hydrogens (primary N) is 2. The van der Waals surface area contributed by atoms with Crippen LogP contribution in [0.3, 0.4) is 0 Å². The predicted molar refractivity (Wildman–Crippen MR) is 78.4 cm³/mol. The molecule has 0 atom stereocenters. The minimum Gasteiger partial charge on any atom is -0.477 e. The van der Waals surface area contributed by atoms with Crippen LogP contribution in [0.15, 0.2) is 40.2 Å². The monoisotopic (exact) mass is 342 g/mol. The molecule has 1 aromatic heterocycles. The number of aromatic carboxylic acids is 1. The first-order valence-electron chi connectivity index (χ1n) is 5.03. The van der Waals surface area contributed by atoms with E-state index in [2.05, 4.69) is 15.9 Å². The van der Waals surface area contributed by atoms with Gasteiger partial charge in [0.25, 0.3) is 0 Å². The molecule has 0 aliphatic rings. The zero-order valence-corrected chi connectivity index (χ0v) is 12.1. The van der Waals surface area contributed by atoms with Gasteiger partial charge in [-0.3, -0.25) is 4.79 Å². The highest BCUT2D eigenvalue weighted by Gasteiger charge is 2.07. The van der Waals surface area contributed by atoms with Gasteiger partial charge in [-0.25, -0.2) is 4.79 Å². The Balaban J connectivity index is 0.000000191. The highest BCUT2D eigenvalue weighted by atomic mass is 79.9. The fraction of sp³-hybridized carbons (Fsp3) is 0. The molecule has 0 aliphatic heterocycles. The molecule has 19 heavy (non-hydrogen) atoms. The summed E-state index contributed by atoms with van der Waals surface area (Å²) in [5.41, 5.74) is 11.5. The standard InChI is InChI=1S/C7H8N2O.C5H3BrO2S/c8-6-3-1-5(2-4-6)7(9)10;6-3-1-2-9-4(3)5(7)8/h1-4H,8H2,(H2,9,10);1-2H,(H,7,8). The number of carbonyl (C=O) groups is 2. The minimum absolute atomic E-state index is 0.356. The van der Waals surface area contributed by atoms with Crippen LogP contribution < -0.4 is 11.5 Å². The number of anilines is 1. The number of rotatable bonds is 2. The third-order valence-electron chi connectivity index (χ3n) is 2.01. The molecular formula is C12H11BrN2O3S. The highest BCUT2D eigenvalue weighted by Crippen LogP contribution is 2.21. The van der Waals surface area contributed by atoms with E-state index >= 15 is 0 Å². The van der Waals surface area contributed by atoms with Gasteiger partial charge in [-0.05, 0) is 51.6 Å². The van der Waals surface area contributed by atoms with Gasteiger partial charge in [0, 0.05) is 15.7 Å². The molecule has 0 aliphatic carbocycles. The molecule has 0 saturated heterocycles. The van der Waals surface area contributed by atoms with Crippen molar-refractivity contribution < 1.29 is 14.7 Å². The quantitative estimate of drug-likeness (QED) is 0.729. The average Bonchev–Trinajstić information content (AvgIpc) is 2.77. The number of hydrogen-bond donors (Lipinski definition) is 3. The van der Waals surface area contributed by atoms with Crippen molar-refractivity contribution in [2.75, 3.05) is 5.73 Å². The predicted octanol–water partition coefficient (Wildman–Crippen LogP) is 2.58. The van der Waals surface area contributed by atoms with Crippen molar-refractivity contribution in [1.29, 1.82) is 0 Å². The molecule has 0 spiro atoms. The first-order valence-corrected chi connectivity index (χ1v) is 6.70. The van der Waals surface area contributed by atoms with E-state index < -0.39 is 11.9 Å². The van der Waals surface area contributed by atoms with Crippen molar-refractivity contribution >= 4 is 44.8 Å². The van der Waals surface area contributed by atoms with E-state index in [-0.39, 0.29) is 0 Å². The second-order valence-electron chi connectivity index (χ2n) is 3.39. The topological polar surface area (TPSA) is 106 Å². The van der Waals surface area contributed by atoms with Gasteiger partial charge in [0.15, 0.2) is 0 Å². The van der Waals surface area contributed by atoms with Crippen LogP contribution in [0.4, 0.5) is 5.69 Å². The molecule has 5 nitrogen and oxygen atoms in total. The van der Waals surface area contributed by atoms with Crippen LogP contribution in [0.2, 0.25) is 0 Å². The van der Waals surface area contributed by atoms with E-state index in [9.17, 15) is 9.59 Å². The smallest absolute Gasteiger partial charge is 0.347 e. The zero-order chi connectivity index (χ0) is 14.4. The molecule has 0 saturated carbocycles. The maximum atomic E-state index is 10.5. The van der Waals surface area contributed by atoms with Crippen LogP contribution in [-0.4, -0.2) is 17.0 Å². The third-order valence-corrected chi connectivity index (χ3v) is 3.83. The molecule has 1 aromatic carbocycles. The summed E-state index contributed by atoms with van der Waals surface area (Å²) >= 11 is 4.31. The van der Waals surface area contributed by atoms with Gasteiger partial charge >= 0.3 is 5.97 Å². The summed E-state index contributed by atoms with van der Waals surface area (Å²) in [4.78, 5) is 21.1. The van der Waals surface area contributed by atoms with Crippen molar-refractivity contribution in [2.45, 2.75) is 0 Å². The van der Waals surface area contributed by atoms with Crippen LogP contribution in [0.1, 0.15) is 20.0 Å². The van der Waals surface area contributed by atoms with Crippen LogP contribution in [0.25, 0.3) is 0 Å². The first-order chi connectivity index (χ1) is 8.91. The fourth-order valence-electron chi connectivity index (χ4n) is 1.09. The average molecular weight is 343 g/mol. The Morgan fingerprint density at radius 2 is 1.74 bits per heavy atom. The van der Waals surface area contributed by atoms with Crippen LogP contribution >= 0.6 is 27.3 Å². The van der Waals surface area contributed by atoms with E-state index in [1.54, 1.807) is 35.7 Å². The van der Waals surface area contributed by atoms with E-state index in [4.69, 9.17) is 16.6 Å². The van der Waals surface area contributed by atoms with Gasteiger partial charge in [-0.1, -0.05) is 0 Å². The second-order valence-corrected chi connectivity index (χ2v) is 5.16. The van der Waals surface area contributed by atoms with Gasteiger partial charge in [0.2, 0.25) is 5.91 Å². The summed E-state index contributed by atoms with van der Waals surface area (Å²) in [6.07, 6.45) is 0. The Bertz CT molecular complexity index is 581. The normalized spacial score (nSPS) is 9.32. The zero-order valence-electron chi connectivity index (χ0n) is 9.67. The SMILES string of the molecule is NC(=O)c1ccc(N)cc1.O=C(O)c1sccc1Br. The molecule has 0 fully saturated rings. The first kappa shape index (κ1) is 15.2. The Morgan fingerprint density at radius 3 is 2.05 bits per heavy atom. The van der Waals surface area contributed by atoms with Crippen molar-refractivity contribution in [3.63, 3.8) is 0 Å². The lowest BCUT2D eigenvalue weighted by Crippen LogP contribution is -2.10. The molecule has 0 unspecified atom stereocenters. The molecule has 1 amide bonds. The lowest BCUT2D eigenvalue weighted by molar-refractivity contribution is 0.0701. The molecule has 2 aromatic rings. The van der Waals surface area contributed by atoms with Crippen molar-refractivity contribution in [3.8, 4) is 0 Å². The van der Waals surface area contributed by atoms with E-state index in [0.29, 0.717) is 20.6 Å². The van der Waals surface area contributed by atoms with Crippen LogP contribution in [0.5, 0.6) is 0 Å². The number of carboxylic acid groups (broad SMARTS) is 1. The van der Waals surface area contributed by atoms with Gasteiger partial charge in [-0.2, -0.15) is 0 Å². The van der Waals surface area contributed by atoms with E-state index in [1.807, 2.05) is 0 Å². The summed E-state index contributed by atoms with van der Waals surface area (Å²) in [5, 5.41) is 10.2. The number of hydrogen-bond acceptors (Lipinski definition) is 4. The molecule has 100 valence electrons. The van der Waals surface area contributed by atoms with E-state index in [0.717, 1.165) is 0 Å². The molecule has 7 heteroatoms. The summed E-state index contributed by atoms with van der Waals surface area (Å²) in [7, 11) is 0. The number of nitrogen functional groups attached to an aromatic ring is 1. The third kappa shape index (κ3) is 4.72. The molecular weight excluding hydrogens is 332 g/mol. The highest BCUT2D eigenvalue weighted by molar-refractivity contribution is 9.10. The Labute approximate surface area is 122 Å². The van der Waals surface area contributed by atoms with Gasteiger partial charge in [0.1, 0.15) is 4.88 Å². The van der Waals surface area contributed by atoms with Gasteiger partial charge in [-0.15, -0.1) is 11.3 Å². The number of amides is 1. The maximum absolute atomic E-state index is 10.5. The lowest BCUT2D eigenvalue weighted by atomic mass is 10.2. The molecule has 5 N–H and O–H groups in total. The Kier molecular flexibility index (Phi) is 5.53. The van der Waals surface area contributed by atoms with Crippen molar-refractivity contribution in [3.05, 3.63) is 50.6 Å². The summed E-state index contributed by atoms with van der Waals surface area (Å²) in [6.45, 7) is 0. The number of halogens is 1. The summed E-state index contributed by atoms with van der Waals surface area (Å²) in [5.74, 6) is -1.31. The Hall–Kier alpha value is -1.86. The number of benzene rings is 1. The van der Waals surface area contributed by atoms with Crippen LogP contribution in [0, 0.1) is 0 Å². The molecule has 2 rings (SSSR count). The number of thiophene rings is 1. The molecule has 0 radical (unpaired) electrons. The Morgan fingerprint density at radius 1 is 1.16 bits per heavy atom. The molecule has 1 heterocycles. The molecule has 0 bridgehead atoms. The number of carbonyl (C=O) groups excluding carboxylic acids is 1. The second kappa shape index (κ2) is 6.91. The van der Waals surface area contributed by atoms with Crippen molar-refractivity contribution in [1.82, 2.24) is 0 Å². The minimum atomic E-state index is -0.878. The van der Waals surface area contributed by atoms with Crippen molar-refractivity contribution in [2.24, 2.45) is 5.73 Å². The van der Waals surface area contributed by atoms with E-state index in [1.165, 1.54) is 11.3 Å². The van der Waals surface area contributed by atoms with Gasteiger partial charge in [0.05, 0.1) is 0 Å². The number of carboxylic acids is 1. The number of primary amides is 1. The fourth-order valence-corrected chi connectivity index (χ4v) is 2.47. The maximum Gasteiger partial charge on any atom is 0.347 e.